The summed E-state index contributed by atoms with van der Waals surface area (Å²) in [5.41, 5.74) is 0. The van der Waals surface area contributed by atoms with E-state index in [-0.39, 0.29) is 37.5 Å². The molecule has 0 saturated carbocycles. The molecule has 410 valence electrons. The van der Waals surface area contributed by atoms with E-state index in [0.717, 1.165) is 128 Å². The lowest BCUT2D eigenvalue weighted by atomic mass is 10.1. The van der Waals surface area contributed by atoms with Gasteiger partial charge in [-0.3, -0.25) is 14.4 Å². The second kappa shape index (κ2) is 59.8. The molecular weight excluding hydrogens is 901 g/mol. The molecule has 0 aliphatic carbocycles. The first-order chi connectivity index (χ1) is 36.0. The van der Waals surface area contributed by atoms with Gasteiger partial charge in [-0.25, -0.2) is 0 Å². The van der Waals surface area contributed by atoms with Crippen LogP contribution in [0.2, 0.25) is 0 Å². The Balaban J connectivity index is 4.46. The molecule has 0 rings (SSSR count). The molecule has 0 amide bonds. The number of carbonyl (C=O) groups is 3. The van der Waals surface area contributed by atoms with Gasteiger partial charge in [0.2, 0.25) is 0 Å². The van der Waals surface area contributed by atoms with Gasteiger partial charge in [-0.1, -0.05) is 237 Å². The Morgan fingerprint density at radius 2 is 0.562 bits per heavy atom. The summed E-state index contributed by atoms with van der Waals surface area (Å²) in [5, 5.41) is 0. The van der Waals surface area contributed by atoms with Gasteiger partial charge in [0.15, 0.2) is 6.10 Å². The third-order valence-electron chi connectivity index (χ3n) is 11.8. The van der Waals surface area contributed by atoms with Crippen LogP contribution < -0.4 is 0 Å². The van der Waals surface area contributed by atoms with Crippen molar-refractivity contribution < 1.29 is 28.6 Å². The quantitative estimate of drug-likeness (QED) is 0.0261. The van der Waals surface area contributed by atoms with Gasteiger partial charge in [-0.05, 0) is 128 Å². The van der Waals surface area contributed by atoms with E-state index in [2.05, 4.69) is 154 Å². The smallest absolute Gasteiger partial charge is 0.306 e. The van der Waals surface area contributed by atoms with Crippen LogP contribution in [-0.4, -0.2) is 37.2 Å². The molecule has 0 aliphatic rings. The largest absolute Gasteiger partial charge is 0.462 e. The molecule has 0 bridgehead atoms. The van der Waals surface area contributed by atoms with E-state index in [1.165, 1.54) is 64.2 Å². The number of allylic oxidation sites excluding steroid dienone is 24. The van der Waals surface area contributed by atoms with Crippen molar-refractivity contribution in [3.05, 3.63) is 146 Å². The fraction of sp³-hybridized carbons (Fsp3) is 0.597. The van der Waals surface area contributed by atoms with Crippen LogP contribution in [0, 0.1) is 0 Å². The first kappa shape index (κ1) is 68.3. The molecule has 0 heterocycles. The summed E-state index contributed by atoms with van der Waals surface area (Å²) in [7, 11) is 0. The molecule has 6 nitrogen and oxygen atoms in total. The summed E-state index contributed by atoms with van der Waals surface area (Å²) >= 11 is 0. The summed E-state index contributed by atoms with van der Waals surface area (Å²) in [6, 6.07) is 0. The number of esters is 3. The normalized spacial score (nSPS) is 13.2. The fourth-order valence-corrected chi connectivity index (χ4v) is 7.49. The van der Waals surface area contributed by atoms with Crippen molar-refractivity contribution >= 4 is 17.9 Å². The Bertz CT molecular complexity index is 1630. The van der Waals surface area contributed by atoms with Gasteiger partial charge in [-0.15, -0.1) is 0 Å². The number of hydrogen-bond donors (Lipinski definition) is 0. The summed E-state index contributed by atoms with van der Waals surface area (Å²) < 4.78 is 16.8. The molecule has 0 aromatic rings. The Morgan fingerprint density at radius 1 is 0.288 bits per heavy atom. The van der Waals surface area contributed by atoms with Gasteiger partial charge in [0.1, 0.15) is 13.2 Å². The van der Waals surface area contributed by atoms with E-state index in [0.29, 0.717) is 19.3 Å². The van der Waals surface area contributed by atoms with Crippen LogP contribution in [-0.2, 0) is 28.6 Å². The lowest BCUT2D eigenvalue weighted by Crippen LogP contribution is -2.30. The lowest BCUT2D eigenvalue weighted by Gasteiger charge is -2.18. The highest BCUT2D eigenvalue weighted by Gasteiger charge is 2.19. The predicted octanol–water partition coefficient (Wildman–Crippen LogP) is 20.0. The van der Waals surface area contributed by atoms with Crippen molar-refractivity contribution in [2.45, 2.75) is 245 Å². The van der Waals surface area contributed by atoms with E-state index < -0.39 is 6.10 Å². The molecule has 0 aromatic carbocycles. The zero-order valence-electron chi connectivity index (χ0n) is 46.8. The van der Waals surface area contributed by atoms with Crippen LogP contribution in [0.15, 0.2) is 146 Å². The lowest BCUT2D eigenvalue weighted by molar-refractivity contribution is -0.166. The van der Waals surface area contributed by atoms with Crippen molar-refractivity contribution in [2.24, 2.45) is 0 Å². The molecule has 0 aliphatic heterocycles. The number of carbonyl (C=O) groups excluding carboxylic acids is 3. The maximum atomic E-state index is 12.9. The Kier molecular flexibility index (Phi) is 56.0. The summed E-state index contributed by atoms with van der Waals surface area (Å²) in [6.45, 7) is 6.29. The maximum Gasteiger partial charge on any atom is 0.306 e. The molecule has 0 spiro atoms. The van der Waals surface area contributed by atoms with Crippen LogP contribution in [0.4, 0.5) is 0 Å². The zero-order chi connectivity index (χ0) is 52.9. The standard InChI is InChI=1S/C67H106O6/c1-4-7-10-13-16-19-22-25-27-29-30-31-32-33-34-35-36-38-39-42-45-48-51-54-57-60-66(69)72-63-64(62-71-65(68)59-56-53-50-47-44-41-24-21-18-15-12-9-6-3)73-67(70)61-58-55-52-49-46-43-40-37-28-26-23-20-17-14-11-8-5-2/h7,9-10,12,16-21,25-28,30-31,33-34,36,38,41,44,50,53,64H,4-6,8,11,13-15,22-24,29,32,35,37,39-40,42-43,45-49,51-52,54-63H2,1-3H3/b10-7-,12-9-,19-16-,20-17-,21-18-,27-25-,28-26-,31-30-,34-33-,38-36-,44-41-,53-50-. The average Bonchev–Trinajstić information content (AvgIpc) is 3.39. The third-order valence-corrected chi connectivity index (χ3v) is 11.8. The molecule has 0 N–H and O–H groups in total. The van der Waals surface area contributed by atoms with Gasteiger partial charge >= 0.3 is 17.9 Å². The molecule has 73 heavy (non-hydrogen) atoms. The van der Waals surface area contributed by atoms with Gasteiger partial charge in [0, 0.05) is 19.3 Å². The van der Waals surface area contributed by atoms with E-state index in [9.17, 15) is 14.4 Å². The number of unbranched alkanes of at least 4 members (excludes halogenated alkanes) is 16. The van der Waals surface area contributed by atoms with Crippen molar-refractivity contribution in [3.8, 4) is 0 Å². The molecular formula is C67H106O6. The minimum atomic E-state index is -0.824. The summed E-state index contributed by atoms with van der Waals surface area (Å²) in [4.78, 5) is 38.1. The van der Waals surface area contributed by atoms with Gasteiger partial charge < -0.3 is 14.2 Å². The first-order valence-corrected chi connectivity index (χ1v) is 29.3. The van der Waals surface area contributed by atoms with E-state index >= 15 is 0 Å². The van der Waals surface area contributed by atoms with Crippen LogP contribution in [0.1, 0.15) is 239 Å². The molecule has 0 fully saturated rings. The van der Waals surface area contributed by atoms with Crippen molar-refractivity contribution in [2.75, 3.05) is 13.2 Å². The molecule has 1 atom stereocenters. The maximum absolute atomic E-state index is 12.9. The molecule has 6 heteroatoms. The molecule has 0 aromatic heterocycles. The topological polar surface area (TPSA) is 78.9 Å². The highest BCUT2D eigenvalue weighted by molar-refractivity contribution is 5.71. The second-order valence-corrected chi connectivity index (χ2v) is 18.8. The molecule has 0 radical (unpaired) electrons. The highest BCUT2D eigenvalue weighted by atomic mass is 16.6. The Labute approximate surface area is 448 Å². The average molecular weight is 1010 g/mol. The van der Waals surface area contributed by atoms with Crippen LogP contribution in [0.25, 0.3) is 0 Å². The number of rotatable bonds is 51. The van der Waals surface area contributed by atoms with Gasteiger partial charge in [-0.2, -0.15) is 0 Å². The minimum Gasteiger partial charge on any atom is -0.462 e. The minimum absolute atomic E-state index is 0.117. The van der Waals surface area contributed by atoms with E-state index in [1.54, 1.807) is 0 Å². The fourth-order valence-electron chi connectivity index (χ4n) is 7.49. The summed E-state index contributed by atoms with van der Waals surface area (Å²) in [5.74, 6) is -1.03. The van der Waals surface area contributed by atoms with Crippen molar-refractivity contribution in [3.63, 3.8) is 0 Å². The third kappa shape index (κ3) is 58.1. The van der Waals surface area contributed by atoms with Crippen molar-refractivity contribution in [1.29, 1.82) is 0 Å². The molecule has 0 saturated heterocycles. The molecule has 1 unspecified atom stereocenters. The van der Waals surface area contributed by atoms with E-state index in [4.69, 9.17) is 14.2 Å². The number of hydrogen-bond acceptors (Lipinski definition) is 6. The van der Waals surface area contributed by atoms with Crippen LogP contribution in [0.5, 0.6) is 0 Å². The summed E-state index contributed by atoms with van der Waals surface area (Å²) in [6.07, 6.45) is 85.7. The van der Waals surface area contributed by atoms with Gasteiger partial charge in [0.25, 0.3) is 0 Å². The Morgan fingerprint density at radius 3 is 0.918 bits per heavy atom. The van der Waals surface area contributed by atoms with Crippen molar-refractivity contribution in [1.82, 2.24) is 0 Å². The Hall–Kier alpha value is -4.71. The zero-order valence-corrected chi connectivity index (χ0v) is 46.8. The SMILES string of the molecule is CC/C=C\C/C=C\C/C=C\C/C=C\C/C=C\C/C=C\CCCCCCCCC(=O)OCC(COC(=O)CC/C=C\C/C=C\C/C=C\C/C=C\CC)OC(=O)CCCCCCCCC/C=C\C/C=C\CCCCC. The first-order valence-electron chi connectivity index (χ1n) is 29.3. The van der Waals surface area contributed by atoms with E-state index in [1.807, 2.05) is 12.2 Å². The van der Waals surface area contributed by atoms with Gasteiger partial charge in [0.05, 0.1) is 0 Å². The highest BCUT2D eigenvalue weighted by Crippen LogP contribution is 2.13. The number of ether oxygens (including phenoxy) is 3. The second-order valence-electron chi connectivity index (χ2n) is 18.8. The predicted molar refractivity (Wildman–Crippen MR) is 315 cm³/mol. The van der Waals surface area contributed by atoms with Crippen LogP contribution in [0.3, 0.4) is 0 Å². The van der Waals surface area contributed by atoms with Crippen LogP contribution >= 0.6 is 0 Å². The monoisotopic (exact) mass is 1010 g/mol.